The number of aromatic nitrogens is 4. The molecule has 1 amide bonds. The Morgan fingerprint density at radius 2 is 1.28 bits per heavy atom. The van der Waals surface area contributed by atoms with Crippen molar-refractivity contribution in [2.45, 2.75) is 74.8 Å². The zero-order valence-corrected chi connectivity index (χ0v) is 21.5. The number of thioether (sulfide) groups is 1. The number of carbonyl (C=O) groups excluding carboxylic acids is 1. The fourth-order valence-electron chi connectivity index (χ4n) is 4.97. The molecule has 9 atom stereocenters. The van der Waals surface area contributed by atoms with Crippen molar-refractivity contribution in [3.8, 4) is 0 Å². The van der Waals surface area contributed by atoms with Crippen LogP contribution in [-0.2, 0) is 14.3 Å². The van der Waals surface area contributed by atoms with E-state index in [1.165, 1.54) is 31.1 Å². The third kappa shape index (κ3) is 4.69. The molecule has 3 aliphatic heterocycles. The van der Waals surface area contributed by atoms with E-state index < -0.39 is 83.0 Å². The summed E-state index contributed by atoms with van der Waals surface area (Å²) in [6, 6.07) is 0. The van der Waals surface area contributed by atoms with Gasteiger partial charge in [0.2, 0.25) is 5.91 Å². The van der Waals surface area contributed by atoms with Gasteiger partial charge in [-0.1, -0.05) is 0 Å². The van der Waals surface area contributed by atoms with Crippen LogP contribution in [0, 0.1) is 13.8 Å². The summed E-state index contributed by atoms with van der Waals surface area (Å²) in [4.78, 5) is 66.3. The van der Waals surface area contributed by atoms with Gasteiger partial charge in [0.15, 0.2) is 18.7 Å². The first kappa shape index (κ1) is 27.5. The first-order valence-electron chi connectivity index (χ1n) is 12.0. The SMILES string of the molecule is Cc1cn([C@@H]2O[C@H](C[C@@H]3SCC(=O)N3[C@H]3O[C@@H](n4cc(C)c(=O)[nH]c4=O)[C@H](O)[C@@H]3O)[C@@H](O)[C@H]2O)c(=O)[nH]c1=O. The number of amides is 1. The van der Waals surface area contributed by atoms with Gasteiger partial charge in [-0.05, 0) is 13.8 Å². The molecule has 0 saturated carbocycles. The smallest absolute Gasteiger partial charge is 0.330 e. The van der Waals surface area contributed by atoms with E-state index in [9.17, 15) is 44.4 Å². The molecule has 3 saturated heterocycles. The van der Waals surface area contributed by atoms with E-state index in [0.29, 0.717) is 0 Å². The lowest BCUT2D eigenvalue weighted by molar-refractivity contribution is -0.154. The molecule has 2 aromatic rings. The Morgan fingerprint density at radius 3 is 1.85 bits per heavy atom. The normalized spacial score (nSPS) is 34.8. The predicted octanol–water partition coefficient (Wildman–Crippen LogP) is -3.81. The van der Waals surface area contributed by atoms with Crippen LogP contribution in [0.15, 0.2) is 31.6 Å². The van der Waals surface area contributed by atoms with Crippen LogP contribution in [-0.4, -0.2) is 98.2 Å². The number of nitrogens with one attached hydrogen (secondary N) is 2. The Labute approximate surface area is 222 Å². The molecule has 0 aliphatic carbocycles. The topological polar surface area (TPSA) is 229 Å². The van der Waals surface area contributed by atoms with Crippen LogP contribution in [0.2, 0.25) is 0 Å². The lowest BCUT2D eigenvalue weighted by Gasteiger charge is -2.32. The molecule has 16 nitrogen and oxygen atoms in total. The lowest BCUT2D eigenvalue weighted by atomic mass is 10.1. The molecular formula is C22H27N5O11S. The summed E-state index contributed by atoms with van der Waals surface area (Å²) in [5.74, 6) is -0.479. The van der Waals surface area contributed by atoms with Crippen molar-refractivity contribution in [2.24, 2.45) is 0 Å². The first-order chi connectivity index (χ1) is 18.4. The predicted molar refractivity (Wildman–Crippen MR) is 132 cm³/mol. The van der Waals surface area contributed by atoms with Gasteiger partial charge in [0.05, 0.1) is 17.2 Å². The fraction of sp³-hybridized carbons (Fsp3) is 0.591. The van der Waals surface area contributed by atoms with E-state index in [-0.39, 0.29) is 23.3 Å². The second kappa shape index (κ2) is 10.2. The third-order valence-electron chi connectivity index (χ3n) is 7.10. The third-order valence-corrected chi connectivity index (χ3v) is 8.31. The van der Waals surface area contributed by atoms with Gasteiger partial charge < -0.3 is 34.8 Å². The van der Waals surface area contributed by atoms with Gasteiger partial charge in [0, 0.05) is 29.9 Å². The summed E-state index contributed by atoms with van der Waals surface area (Å²) < 4.78 is 13.4. The quantitative estimate of drug-likeness (QED) is 0.204. The number of aryl methyl sites for hydroxylation is 2. The van der Waals surface area contributed by atoms with Crippen LogP contribution < -0.4 is 22.5 Å². The Morgan fingerprint density at radius 1 is 0.795 bits per heavy atom. The van der Waals surface area contributed by atoms with Crippen molar-refractivity contribution < 1.29 is 34.7 Å². The Bertz CT molecular complexity index is 1520. The highest BCUT2D eigenvalue weighted by molar-refractivity contribution is 8.01. The summed E-state index contributed by atoms with van der Waals surface area (Å²) in [6.45, 7) is 2.90. The molecular weight excluding hydrogens is 542 g/mol. The number of carbonyl (C=O) groups is 1. The summed E-state index contributed by atoms with van der Waals surface area (Å²) in [5, 5.41) is 42.0. The van der Waals surface area contributed by atoms with E-state index in [2.05, 4.69) is 9.97 Å². The van der Waals surface area contributed by atoms with Crippen LogP contribution in [0.4, 0.5) is 0 Å². The maximum Gasteiger partial charge on any atom is 0.330 e. The van der Waals surface area contributed by atoms with Gasteiger partial charge in [-0.2, -0.15) is 0 Å². The van der Waals surface area contributed by atoms with E-state index in [4.69, 9.17) is 9.47 Å². The maximum atomic E-state index is 12.8. The van der Waals surface area contributed by atoms with Crippen LogP contribution in [0.3, 0.4) is 0 Å². The summed E-state index contributed by atoms with van der Waals surface area (Å²) in [5.41, 5.74) is -2.61. The highest BCUT2D eigenvalue weighted by Gasteiger charge is 2.53. The minimum atomic E-state index is -1.63. The van der Waals surface area contributed by atoms with Gasteiger partial charge in [-0.15, -0.1) is 11.8 Å². The number of aliphatic hydroxyl groups excluding tert-OH is 4. The van der Waals surface area contributed by atoms with Crippen molar-refractivity contribution in [1.29, 1.82) is 0 Å². The molecule has 2 aromatic heterocycles. The molecule has 0 aromatic carbocycles. The molecule has 17 heteroatoms. The average molecular weight is 570 g/mol. The molecule has 0 bridgehead atoms. The fourth-order valence-corrected chi connectivity index (χ4v) is 6.18. The van der Waals surface area contributed by atoms with Crippen LogP contribution >= 0.6 is 11.8 Å². The Kier molecular flexibility index (Phi) is 7.17. The van der Waals surface area contributed by atoms with Crippen molar-refractivity contribution in [3.63, 3.8) is 0 Å². The highest BCUT2D eigenvalue weighted by Crippen LogP contribution is 2.40. The van der Waals surface area contributed by atoms with Gasteiger partial charge in [0.1, 0.15) is 24.4 Å². The number of aliphatic hydroxyl groups is 4. The maximum absolute atomic E-state index is 12.8. The number of nitrogens with zero attached hydrogens (tertiary/aromatic N) is 3. The zero-order valence-electron chi connectivity index (χ0n) is 20.7. The minimum absolute atomic E-state index is 0.0247. The number of hydrogen-bond acceptors (Lipinski definition) is 12. The zero-order chi connectivity index (χ0) is 28.3. The largest absolute Gasteiger partial charge is 0.388 e. The summed E-state index contributed by atoms with van der Waals surface area (Å²) in [6.07, 6.45) is -9.15. The van der Waals surface area contributed by atoms with Crippen LogP contribution in [0.1, 0.15) is 30.0 Å². The number of aromatic amines is 2. The van der Waals surface area contributed by atoms with Crippen LogP contribution in [0.25, 0.3) is 0 Å². The monoisotopic (exact) mass is 569 g/mol. The first-order valence-corrected chi connectivity index (χ1v) is 13.0. The van der Waals surface area contributed by atoms with Gasteiger partial charge in [0.25, 0.3) is 11.1 Å². The second-order valence-electron chi connectivity index (χ2n) is 9.70. The van der Waals surface area contributed by atoms with E-state index >= 15 is 0 Å². The standard InChI is InChI=1S/C22H27N5O11S/c1-7-4-25(21(35)23-16(7)33)18-13(30)12(29)9(37-18)3-11-27(10(28)6-39-11)20-15(32)14(31)19(38-20)26-5-8(2)17(34)24-22(26)36/h4-5,9,11-15,18-20,29-32H,3,6H2,1-2H3,(H,23,33,35)(H,24,34,36)/t9-,11+,12-,13-,14-,15+,18-,19-,20+/m1/s1. The van der Waals surface area contributed by atoms with Gasteiger partial charge >= 0.3 is 11.4 Å². The minimum Gasteiger partial charge on any atom is -0.388 e. The van der Waals surface area contributed by atoms with E-state index in [1.807, 2.05) is 0 Å². The molecule has 0 unspecified atom stereocenters. The Balaban J connectivity index is 1.37. The van der Waals surface area contributed by atoms with E-state index in [0.717, 1.165) is 20.9 Å². The van der Waals surface area contributed by atoms with Crippen molar-refractivity contribution in [1.82, 2.24) is 24.0 Å². The molecule has 0 radical (unpaired) electrons. The van der Waals surface area contributed by atoms with Gasteiger partial charge in [-0.3, -0.25) is 33.5 Å². The summed E-state index contributed by atoms with van der Waals surface area (Å²) in [7, 11) is 0. The van der Waals surface area contributed by atoms with Crippen molar-refractivity contribution in [3.05, 3.63) is 65.2 Å². The van der Waals surface area contributed by atoms with Gasteiger partial charge in [-0.25, -0.2) is 9.59 Å². The van der Waals surface area contributed by atoms with Crippen LogP contribution in [0.5, 0.6) is 0 Å². The molecule has 212 valence electrons. The Hall–Kier alpha value is -3.06. The highest BCUT2D eigenvalue weighted by atomic mass is 32.2. The molecule has 6 N–H and O–H groups in total. The average Bonchev–Trinajstić information content (AvgIpc) is 3.48. The molecule has 5 heterocycles. The number of H-pyrrole nitrogens is 2. The van der Waals surface area contributed by atoms with Crippen molar-refractivity contribution in [2.75, 3.05) is 5.75 Å². The molecule has 0 spiro atoms. The van der Waals surface area contributed by atoms with Crippen molar-refractivity contribution >= 4 is 17.7 Å². The molecule has 3 aliphatic rings. The number of hydrogen-bond donors (Lipinski definition) is 6. The number of ether oxygens (including phenoxy) is 2. The molecule has 39 heavy (non-hydrogen) atoms. The van der Waals surface area contributed by atoms with E-state index in [1.54, 1.807) is 0 Å². The molecule has 3 fully saturated rings. The number of rotatable bonds is 5. The lowest BCUT2D eigenvalue weighted by Crippen LogP contribution is -2.49. The molecule has 5 rings (SSSR count). The second-order valence-corrected chi connectivity index (χ2v) is 10.9. The summed E-state index contributed by atoms with van der Waals surface area (Å²) >= 11 is 1.15.